The van der Waals surface area contributed by atoms with Gasteiger partial charge in [-0.15, -0.1) is 5.10 Å². The van der Waals surface area contributed by atoms with Gasteiger partial charge >= 0.3 is 0 Å². The molecule has 6 nitrogen and oxygen atoms in total. The van der Waals surface area contributed by atoms with E-state index in [1.807, 2.05) is 6.20 Å². The first-order chi connectivity index (χ1) is 9.78. The molecule has 1 unspecified atom stereocenters. The number of aliphatic hydroxyl groups excluding tert-OH is 1. The Bertz CT molecular complexity index is 375. The molecule has 2 N–H and O–H groups in total. The van der Waals surface area contributed by atoms with Crippen molar-refractivity contribution in [3.63, 3.8) is 0 Å². The van der Waals surface area contributed by atoms with E-state index in [0.29, 0.717) is 12.5 Å². The van der Waals surface area contributed by atoms with Crippen molar-refractivity contribution in [2.24, 2.45) is 5.92 Å². The molecule has 2 heterocycles. The molecule has 0 radical (unpaired) electrons. The summed E-state index contributed by atoms with van der Waals surface area (Å²) in [5, 5.41) is 20.3. The Morgan fingerprint density at radius 2 is 2.15 bits per heavy atom. The number of rotatable bonds is 8. The van der Waals surface area contributed by atoms with Gasteiger partial charge in [0.15, 0.2) is 0 Å². The Labute approximate surface area is 121 Å². The van der Waals surface area contributed by atoms with Gasteiger partial charge in [-0.1, -0.05) is 18.6 Å². The fourth-order valence-electron chi connectivity index (χ4n) is 2.73. The molecule has 0 amide bonds. The van der Waals surface area contributed by atoms with E-state index < -0.39 is 0 Å². The van der Waals surface area contributed by atoms with Crippen molar-refractivity contribution in [1.29, 1.82) is 0 Å². The summed E-state index contributed by atoms with van der Waals surface area (Å²) in [7, 11) is 0. The highest BCUT2D eigenvalue weighted by molar-refractivity contribution is 4.91. The van der Waals surface area contributed by atoms with Crippen LogP contribution in [0.3, 0.4) is 0 Å². The summed E-state index contributed by atoms with van der Waals surface area (Å²) < 4.78 is 1.67. The molecule has 0 saturated carbocycles. The quantitative estimate of drug-likeness (QED) is 0.725. The predicted octanol–water partition coefficient (Wildman–Crippen LogP) is 0.482. The number of nitrogens with one attached hydrogen (secondary N) is 1. The van der Waals surface area contributed by atoms with Gasteiger partial charge in [0.2, 0.25) is 0 Å². The highest BCUT2D eigenvalue weighted by atomic mass is 16.3. The third-order valence-corrected chi connectivity index (χ3v) is 3.73. The molecule has 1 aromatic heterocycles. The Balaban J connectivity index is 1.61. The maximum atomic E-state index is 8.82. The van der Waals surface area contributed by atoms with Crippen molar-refractivity contribution < 1.29 is 5.11 Å². The van der Waals surface area contributed by atoms with Crippen LogP contribution in [0.2, 0.25) is 0 Å². The summed E-state index contributed by atoms with van der Waals surface area (Å²) in [5.41, 5.74) is 0.934. The van der Waals surface area contributed by atoms with Crippen LogP contribution < -0.4 is 5.32 Å². The Hall–Kier alpha value is -0.980. The van der Waals surface area contributed by atoms with E-state index >= 15 is 0 Å². The highest BCUT2D eigenvalue weighted by Crippen LogP contribution is 2.10. The molecule has 1 aliphatic rings. The molecule has 0 aromatic carbocycles. The van der Waals surface area contributed by atoms with Crippen LogP contribution in [-0.4, -0.2) is 57.8 Å². The van der Waals surface area contributed by atoms with Crippen molar-refractivity contribution >= 4 is 0 Å². The van der Waals surface area contributed by atoms with Gasteiger partial charge in [-0.2, -0.15) is 0 Å². The summed E-state index contributed by atoms with van der Waals surface area (Å²) in [6, 6.07) is 0. The molecule has 6 heteroatoms. The fraction of sp³-hybridized carbons (Fsp3) is 0.857. The lowest BCUT2D eigenvalue weighted by Gasteiger charge is -2.29. The molecule has 1 saturated heterocycles. The van der Waals surface area contributed by atoms with Crippen LogP contribution in [0.25, 0.3) is 0 Å². The summed E-state index contributed by atoms with van der Waals surface area (Å²) in [6.45, 7) is 8.37. The van der Waals surface area contributed by atoms with Crippen molar-refractivity contribution in [3.8, 4) is 0 Å². The predicted molar refractivity (Wildman–Crippen MR) is 78.3 cm³/mol. The third kappa shape index (κ3) is 5.19. The van der Waals surface area contributed by atoms with E-state index in [0.717, 1.165) is 18.8 Å². The molecule has 1 fully saturated rings. The van der Waals surface area contributed by atoms with Crippen molar-refractivity contribution in [2.45, 2.75) is 39.3 Å². The Morgan fingerprint density at radius 1 is 1.35 bits per heavy atom. The number of piperidine rings is 1. The van der Waals surface area contributed by atoms with Crippen LogP contribution in [0.1, 0.15) is 31.9 Å². The van der Waals surface area contributed by atoms with Crippen LogP contribution in [0.4, 0.5) is 0 Å². The molecule has 1 aromatic rings. The van der Waals surface area contributed by atoms with Crippen molar-refractivity contribution in [3.05, 3.63) is 11.9 Å². The number of aliphatic hydroxyl groups is 1. The number of nitrogens with zero attached hydrogens (tertiary/aromatic N) is 4. The first kappa shape index (κ1) is 15.4. The maximum Gasteiger partial charge on any atom is 0.0964 e. The van der Waals surface area contributed by atoms with Crippen molar-refractivity contribution in [2.75, 3.05) is 32.8 Å². The normalized spacial score (nSPS) is 18.3. The molecule has 20 heavy (non-hydrogen) atoms. The molecule has 0 aliphatic carbocycles. The van der Waals surface area contributed by atoms with E-state index in [4.69, 9.17) is 5.11 Å². The molecule has 1 aliphatic heterocycles. The van der Waals surface area contributed by atoms with E-state index in [2.05, 4.69) is 27.5 Å². The van der Waals surface area contributed by atoms with Gasteiger partial charge in [0.05, 0.1) is 18.8 Å². The third-order valence-electron chi connectivity index (χ3n) is 3.73. The second-order valence-corrected chi connectivity index (χ2v) is 5.79. The molecule has 0 bridgehead atoms. The van der Waals surface area contributed by atoms with E-state index in [9.17, 15) is 0 Å². The Kier molecular flexibility index (Phi) is 6.42. The Morgan fingerprint density at radius 3 is 2.90 bits per heavy atom. The lowest BCUT2D eigenvalue weighted by molar-refractivity contribution is 0.199. The summed E-state index contributed by atoms with van der Waals surface area (Å²) in [6.07, 6.45) is 5.99. The average molecular weight is 281 g/mol. The number of aromatic nitrogens is 3. The molecule has 1 atom stereocenters. The lowest BCUT2D eigenvalue weighted by atomic mass is 10.1. The van der Waals surface area contributed by atoms with Crippen LogP contribution in [0.5, 0.6) is 0 Å². The van der Waals surface area contributed by atoms with Gasteiger partial charge in [0, 0.05) is 19.3 Å². The number of hydrogen-bond donors (Lipinski definition) is 2. The molecule has 114 valence electrons. The molecule has 2 rings (SSSR count). The first-order valence-corrected chi connectivity index (χ1v) is 7.71. The lowest BCUT2D eigenvalue weighted by Crippen LogP contribution is -2.36. The SMILES string of the molecule is CC(CNCc1cn(CCO)nn1)CN1CCCCC1. The topological polar surface area (TPSA) is 66.2 Å². The van der Waals surface area contributed by atoms with Gasteiger partial charge in [-0.3, -0.25) is 0 Å². The smallest absolute Gasteiger partial charge is 0.0964 e. The zero-order valence-electron chi connectivity index (χ0n) is 12.5. The molecule has 0 spiro atoms. The van der Waals surface area contributed by atoms with Crippen LogP contribution in [0.15, 0.2) is 6.20 Å². The minimum Gasteiger partial charge on any atom is -0.394 e. The largest absolute Gasteiger partial charge is 0.394 e. The number of hydrogen-bond acceptors (Lipinski definition) is 5. The summed E-state index contributed by atoms with van der Waals surface area (Å²) in [5.74, 6) is 0.653. The van der Waals surface area contributed by atoms with Crippen molar-refractivity contribution in [1.82, 2.24) is 25.2 Å². The minimum absolute atomic E-state index is 0.100. The van der Waals surface area contributed by atoms with Gasteiger partial charge in [0.1, 0.15) is 0 Å². The highest BCUT2D eigenvalue weighted by Gasteiger charge is 2.13. The molecular weight excluding hydrogens is 254 g/mol. The summed E-state index contributed by atoms with van der Waals surface area (Å²) >= 11 is 0. The van der Waals surface area contributed by atoms with Crippen LogP contribution in [-0.2, 0) is 13.1 Å². The second kappa shape index (κ2) is 8.34. The first-order valence-electron chi connectivity index (χ1n) is 7.71. The molecular formula is C14H27N5O. The van der Waals surface area contributed by atoms with Gasteiger partial charge in [0.25, 0.3) is 0 Å². The number of likely N-dealkylation sites (tertiary alicyclic amines) is 1. The van der Waals surface area contributed by atoms with Gasteiger partial charge in [-0.05, 0) is 38.4 Å². The average Bonchev–Trinajstić information content (AvgIpc) is 2.88. The minimum atomic E-state index is 0.100. The second-order valence-electron chi connectivity index (χ2n) is 5.79. The standard InChI is InChI=1S/C14H27N5O/c1-13(11-18-5-3-2-4-6-18)9-15-10-14-12-19(7-8-20)17-16-14/h12-13,15,20H,2-11H2,1H3. The zero-order chi connectivity index (χ0) is 14.2. The van der Waals surface area contributed by atoms with Crippen LogP contribution >= 0.6 is 0 Å². The van der Waals surface area contributed by atoms with E-state index in [1.54, 1.807) is 4.68 Å². The van der Waals surface area contributed by atoms with E-state index in [1.165, 1.54) is 38.9 Å². The monoisotopic (exact) mass is 281 g/mol. The van der Waals surface area contributed by atoms with Gasteiger partial charge < -0.3 is 15.3 Å². The maximum absolute atomic E-state index is 8.82. The zero-order valence-corrected chi connectivity index (χ0v) is 12.5. The van der Waals surface area contributed by atoms with Crippen LogP contribution in [0, 0.1) is 5.92 Å². The fourth-order valence-corrected chi connectivity index (χ4v) is 2.73. The summed E-state index contributed by atoms with van der Waals surface area (Å²) in [4.78, 5) is 2.58. The van der Waals surface area contributed by atoms with Gasteiger partial charge in [-0.25, -0.2) is 4.68 Å². The van der Waals surface area contributed by atoms with E-state index in [-0.39, 0.29) is 6.61 Å².